The molecular weight excluding hydrogens is 334 g/mol. The maximum atomic E-state index is 12.9. The molecular formula is C23H17N3O. The van der Waals surface area contributed by atoms with Crippen molar-refractivity contribution < 1.29 is 4.79 Å². The van der Waals surface area contributed by atoms with E-state index in [1.165, 1.54) is 43.8 Å². The van der Waals surface area contributed by atoms with Crippen molar-refractivity contribution in [3.63, 3.8) is 0 Å². The first-order valence-corrected chi connectivity index (χ1v) is 9.59. The summed E-state index contributed by atoms with van der Waals surface area (Å²) in [5.74, 6) is 0.0656. The molecule has 4 heteroatoms. The molecule has 7 rings (SSSR count). The topological polar surface area (TPSA) is 39.0 Å². The van der Waals surface area contributed by atoms with Crippen molar-refractivity contribution in [2.45, 2.75) is 26.1 Å². The molecule has 0 atom stereocenters. The highest BCUT2D eigenvalue weighted by Gasteiger charge is 2.32. The zero-order valence-electron chi connectivity index (χ0n) is 14.7. The molecule has 1 N–H and O–H groups in total. The van der Waals surface area contributed by atoms with Gasteiger partial charge in [0, 0.05) is 52.2 Å². The highest BCUT2D eigenvalue weighted by molar-refractivity contribution is 6.30. The van der Waals surface area contributed by atoms with Crippen LogP contribution in [-0.2, 0) is 19.6 Å². The van der Waals surface area contributed by atoms with E-state index < -0.39 is 0 Å². The number of fused-ring (bicyclic) bond motifs is 9. The summed E-state index contributed by atoms with van der Waals surface area (Å²) in [6.45, 7) is 2.61. The van der Waals surface area contributed by atoms with E-state index in [-0.39, 0.29) is 5.91 Å². The van der Waals surface area contributed by atoms with Crippen molar-refractivity contribution in [2.24, 2.45) is 0 Å². The quantitative estimate of drug-likeness (QED) is 0.437. The van der Waals surface area contributed by atoms with Gasteiger partial charge in [-0.05, 0) is 24.1 Å². The van der Waals surface area contributed by atoms with Gasteiger partial charge < -0.3 is 14.5 Å². The van der Waals surface area contributed by atoms with Gasteiger partial charge in [-0.25, -0.2) is 0 Å². The maximum Gasteiger partial charge on any atom is 0.252 e. The van der Waals surface area contributed by atoms with Crippen LogP contribution < -0.4 is 5.32 Å². The lowest BCUT2D eigenvalue weighted by Crippen LogP contribution is -2.12. The summed E-state index contributed by atoms with van der Waals surface area (Å²) in [6.07, 6.45) is 1.09. The van der Waals surface area contributed by atoms with E-state index in [1.807, 2.05) is 0 Å². The molecule has 5 aromatic rings. The van der Waals surface area contributed by atoms with E-state index in [9.17, 15) is 4.79 Å². The molecule has 0 bridgehead atoms. The summed E-state index contributed by atoms with van der Waals surface area (Å²) >= 11 is 0. The zero-order chi connectivity index (χ0) is 17.7. The zero-order valence-corrected chi connectivity index (χ0v) is 14.7. The van der Waals surface area contributed by atoms with Crippen LogP contribution in [0.5, 0.6) is 0 Å². The molecule has 1 amide bonds. The standard InChI is InChI=1S/C23H17N3O/c27-23-20-15(12-24-23)18-13-6-1-3-8-16(13)25-10-5-11-26-17-9-4-2-7-14(17)19(20)22(26)21(18)25/h1-4,6-9H,5,10-12H2,(H,24,27). The minimum Gasteiger partial charge on any atom is -0.348 e. The molecule has 4 heterocycles. The fourth-order valence-corrected chi connectivity index (χ4v) is 5.47. The van der Waals surface area contributed by atoms with Gasteiger partial charge in [0.1, 0.15) is 0 Å². The summed E-state index contributed by atoms with van der Waals surface area (Å²) in [6, 6.07) is 17.2. The molecule has 0 unspecified atom stereocenters. The lowest BCUT2D eigenvalue weighted by Gasteiger charge is -2.07. The number of aromatic nitrogens is 2. The molecule has 0 radical (unpaired) electrons. The molecule has 2 aromatic heterocycles. The van der Waals surface area contributed by atoms with Crippen molar-refractivity contribution in [3.8, 4) is 0 Å². The average Bonchev–Trinajstić information content (AvgIpc) is 3.28. The Hall–Kier alpha value is -3.27. The van der Waals surface area contributed by atoms with Gasteiger partial charge in [-0.3, -0.25) is 4.79 Å². The maximum absolute atomic E-state index is 12.9. The summed E-state index contributed by atoms with van der Waals surface area (Å²) in [7, 11) is 0. The first-order valence-electron chi connectivity index (χ1n) is 9.59. The van der Waals surface area contributed by atoms with Crippen molar-refractivity contribution in [2.75, 3.05) is 0 Å². The van der Waals surface area contributed by atoms with E-state index >= 15 is 0 Å². The largest absolute Gasteiger partial charge is 0.348 e. The normalized spacial score (nSPS) is 15.9. The fourth-order valence-electron chi connectivity index (χ4n) is 5.47. The summed E-state index contributed by atoms with van der Waals surface area (Å²) in [5, 5.41) is 7.95. The Kier molecular flexibility index (Phi) is 2.32. The Morgan fingerprint density at radius 3 is 2.07 bits per heavy atom. The van der Waals surface area contributed by atoms with E-state index in [4.69, 9.17) is 0 Å². The highest BCUT2D eigenvalue weighted by Crippen LogP contribution is 2.45. The van der Waals surface area contributed by atoms with Crippen LogP contribution in [0.2, 0.25) is 0 Å². The minimum atomic E-state index is 0.0656. The number of hydrogen-bond donors (Lipinski definition) is 1. The third-order valence-electron chi connectivity index (χ3n) is 6.44. The number of nitrogens with one attached hydrogen (secondary N) is 1. The lowest BCUT2D eigenvalue weighted by molar-refractivity contribution is 0.0967. The summed E-state index contributed by atoms with van der Waals surface area (Å²) < 4.78 is 4.93. The van der Waals surface area contributed by atoms with Gasteiger partial charge >= 0.3 is 0 Å². The van der Waals surface area contributed by atoms with E-state index in [2.05, 4.69) is 63.0 Å². The molecule has 3 aromatic carbocycles. The Morgan fingerprint density at radius 2 is 1.37 bits per heavy atom. The van der Waals surface area contributed by atoms with Gasteiger partial charge in [0.2, 0.25) is 0 Å². The second kappa shape index (κ2) is 4.52. The number of aryl methyl sites for hydroxylation is 2. The average molecular weight is 351 g/mol. The smallest absolute Gasteiger partial charge is 0.252 e. The molecule has 4 nitrogen and oxygen atoms in total. The predicted octanol–water partition coefficient (Wildman–Crippen LogP) is 4.55. The first kappa shape index (κ1) is 13.9. The fraction of sp³-hybridized carbons (Fsp3) is 0.174. The van der Waals surface area contributed by atoms with Crippen LogP contribution in [-0.4, -0.2) is 15.0 Å². The molecule has 0 fully saturated rings. The molecule has 0 saturated heterocycles. The Bertz CT molecular complexity index is 1470. The van der Waals surface area contributed by atoms with Gasteiger partial charge in [-0.2, -0.15) is 0 Å². The number of nitrogens with zero attached hydrogens (tertiary/aromatic N) is 2. The predicted molar refractivity (Wildman–Crippen MR) is 108 cm³/mol. The van der Waals surface area contributed by atoms with Crippen molar-refractivity contribution in [1.29, 1.82) is 0 Å². The van der Waals surface area contributed by atoms with Crippen molar-refractivity contribution in [3.05, 3.63) is 59.7 Å². The van der Waals surface area contributed by atoms with Crippen LogP contribution >= 0.6 is 0 Å². The van der Waals surface area contributed by atoms with Crippen LogP contribution in [0.3, 0.4) is 0 Å². The molecule has 2 aliphatic heterocycles. The number of para-hydroxylation sites is 2. The van der Waals surface area contributed by atoms with Gasteiger partial charge in [-0.1, -0.05) is 36.4 Å². The van der Waals surface area contributed by atoms with Crippen LogP contribution in [0.15, 0.2) is 48.5 Å². The number of benzene rings is 3. The van der Waals surface area contributed by atoms with Gasteiger partial charge in [-0.15, -0.1) is 0 Å². The van der Waals surface area contributed by atoms with Gasteiger partial charge in [0.15, 0.2) is 0 Å². The number of carbonyl (C=O) groups is 1. The van der Waals surface area contributed by atoms with Crippen molar-refractivity contribution >= 4 is 49.5 Å². The van der Waals surface area contributed by atoms with E-state index in [0.717, 1.165) is 30.5 Å². The number of carbonyl (C=O) groups excluding carboxylic acids is 1. The molecule has 2 aliphatic rings. The summed E-state index contributed by atoms with van der Waals surface area (Å²) in [5.41, 5.74) is 7.10. The third kappa shape index (κ3) is 1.46. The first-order chi connectivity index (χ1) is 13.3. The molecule has 0 spiro atoms. The van der Waals surface area contributed by atoms with Crippen LogP contribution in [0, 0.1) is 0 Å². The second-order valence-electron chi connectivity index (χ2n) is 7.67. The molecule has 27 heavy (non-hydrogen) atoms. The molecule has 130 valence electrons. The minimum absolute atomic E-state index is 0.0656. The Balaban J connectivity index is 1.93. The Morgan fingerprint density at radius 1 is 0.778 bits per heavy atom. The van der Waals surface area contributed by atoms with Crippen molar-refractivity contribution in [1.82, 2.24) is 14.5 Å². The Labute approximate surface area is 155 Å². The van der Waals surface area contributed by atoms with Crippen LogP contribution in [0.1, 0.15) is 22.3 Å². The highest BCUT2D eigenvalue weighted by atomic mass is 16.1. The summed E-state index contributed by atoms with van der Waals surface area (Å²) in [4.78, 5) is 12.9. The number of amides is 1. The van der Waals surface area contributed by atoms with Crippen LogP contribution in [0.25, 0.3) is 43.6 Å². The van der Waals surface area contributed by atoms with Gasteiger partial charge in [0.25, 0.3) is 5.91 Å². The number of hydrogen-bond acceptors (Lipinski definition) is 1. The molecule has 0 saturated carbocycles. The SMILES string of the molecule is O=C1NCc2c1c1c3ccccc3n3c1c1c2c2ccccc2n1CCC3. The van der Waals surface area contributed by atoms with Crippen LogP contribution in [0.4, 0.5) is 0 Å². The van der Waals surface area contributed by atoms with Gasteiger partial charge in [0.05, 0.1) is 16.6 Å². The molecule has 0 aliphatic carbocycles. The lowest BCUT2D eigenvalue weighted by atomic mass is 9.97. The second-order valence-corrected chi connectivity index (χ2v) is 7.67. The van der Waals surface area contributed by atoms with E-state index in [0.29, 0.717) is 6.54 Å². The number of rotatable bonds is 0. The third-order valence-corrected chi connectivity index (χ3v) is 6.44. The monoisotopic (exact) mass is 351 g/mol. The van der Waals surface area contributed by atoms with E-state index in [1.54, 1.807) is 0 Å².